The number of anilines is 1. The Bertz CT molecular complexity index is 340. The molecule has 1 aliphatic rings. The van der Waals surface area contributed by atoms with Crippen LogP contribution in [0.1, 0.15) is 0 Å². The number of rotatable bonds is 0. The molecule has 4 nitrogen and oxygen atoms in total. The van der Waals surface area contributed by atoms with Crippen LogP contribution in [0.2, 0.25) is 0 Å². The quantitative estimate of drug-likeness (QED) is 0.619. The summed E-state index contributed by atoms with van der Waals surface area (Å²) in [6.45, 7) is 0. The number of hydrogen-bond donors (Lipinski definition) is 0. The van der Waals surface area contributed by atoms with Crippen LogP contribution in [0, 0.1) is 5.21 Å². The minimum atomic E-state index is -0.163. The van der Waals surface area contributed by atoms with E-state index in [0.29, 0.717) is 16.6 Å². The van der Waals surface area contributed by atoms with E-state index in [1.165, 1.54) is 0 Å². The topological polar surface area (TPSA) is 47.9 Å². The summed E-state index contributed by atoms with van der Waals surface area (Å²) in [5.74, 6) is 0. The fourth-order valence-corrected chi connectivity index (χ4v) is 1.10. The lowest BCUT2D eigenvalue weighted by Gasteiger charge is -2.31. The summed E-state index contributed by atoms with van der Waals surface area (Å²) in [6, 6.07) is 6.79. The maximum absolute atomic E-state index is 11.0. The van der Waals surface area contributed by atoms with Crippen LogP contribution in [0.4, 0.5) is 11.4 Å². The van der Waals surface area contributed by atoms with Gasteiger partial charge in [-0.3, -0.25) is 5.23 Å². The lowest BCUT2D eigenvalue weighted by Crippen LogP contribution is -2.20. The lowest BCUT2D eigenvalue weighted by molar-refractivity contribution is 0.311. The predicted octanol–water partition coefficient (Wildman–Crippen LogP) is 2.16. The van der Waals surface area contributed by atoms with E-state index in [0.717, 1.165) is 0 Å². The van der Waals surface area contributed by atoms with Gasteiger partial charge in [0.05, 0.1) is 11.4 Å². The fourth-order valence-electron chi connectivity index (χ4n) is 0.946. The smallest absolute Gasteiger partial charge is 0.315 e. The second-order valence-electron chi connectivity index (χ2n) is 2.20. The molecule has 1 aliphatic heterocycles. The normalized spacial score (nSPS) is 14.8. The van der Waals surface area contributed by atoms with E-state index >= 15 is 0 Å². The molecule has 0 radical (unpaired) electrons. The molecule has 0 aliphatic carbocycles. The van der Waals surface area contributed by atoms with Crippen molar-refractivity contribution in [2.24, 2.45) is 4.99 Å². The summed E-state index contributed by atoms with van der Waals surface area (Å²) < 4.78 is 0. The summed E-state index contributed by atoms with van der Waals surface area (Å²) in [7, 11) is 0. The summed E-state index contributed by atoms with van der Waals surface area (Å²) in [5, 5.41) is 11.2. The summed E-state index contributed by atoms with van der Waals surface area (Å²) in [4.78, 5) is 8.32. The predicted molar refractivity (Wildman–Crippen MR) is 46.3 cm³/mol. The van der Waals surface area contributed by atoms with E-state index in [-0.39, 0.29) is 5.36 Å². The molecular formula is C7H4ClN2O2-. The Labute approximate surface area is 73.6 Å². The third-order valence-electron chi connectivity index (χ3n) is 1.45. The van der Waals surface area contributed by atoms with Crippen molar-refractivity contribution in [3.05, 3.63) is 29.5 Å². The standard InChI is InChI=1S/C7H4ClN2O2/c8-7-9-5-3-1-2-4-6(5)10(11)12-7/h1-4H/q-1. The maximum atomic E-state index is 11.0. The first-order valence-electron chi connectivity index (χ1n) is 3.26. The van der Waals surface area contributed by atoms with Crippen molar-refractivity contribution in [1.29, 1.82) is 0 Å². The molecule has 12 heavy (non-hydrogen) atoms. The highest BCUT2D eigenvalue weighted by molar-refractivity contribution is 6.63. The van der Waals surface area contributed by atoms with Gasteiger partial charge in [-0.05, 0) is 23.7 Å². The summed E-state index contributed by atoms with van der Waals surface area (Å²) in [5.41, 5.74) is 0.880. The second kappa shape index (κ2) is 2.66. The number of aliphatic imine (C=N–C) groups is 1. The van der Waals surface area contributed by atoms with Gasteiger partial charge in [0.25, 0.3) is 0 Å². The average molecular weight is 184 g/mol. The molecule has 5 heteroatoms. The van der Waals surface area contributed by atoms with Crippen molar-refractivity contribution >= 4 is 28.3 Å². The van der Waals surface area contributed by atoms with Gasteiger partial charge in [0, 0.05) is 0 Å². The van der Waals surface area contributed by atoms with E-state index in [9.17, 15) is 5.21 Å². The molecule has 0 bridgehead atoms. The molecule has 0 amide bonds. The number of benzene rings is 1. The molecule has 0 saturated heterocycles. The van der Waals surface area contributed by atoms with Crippen LogP contribution < -0.4 is 5.23 Å². The van der Waals surface area contributed by atoms with Crippen molar-refractivity contribution in [3.8, 4) is 0 Å². The highest BCUT2D eigenvalue weighted by Crippen LogP contribution is 2.31. The van der Waals surface area contributed by atoms with Crippen molar-refractivity contribution in [2.45, 2.75) is 0 Å². The van der Waals surface area contributed by atoms with Gasteiger partial charge in [-0.15, -0.1) is 0 Å². The molecule has 1 aromatic carbocycles. The van der Waals surface area contributed by atoms with Gasteiger partial charge in [0.2, 0.25) is 0 Å². The zero-order valence-electron chi connectivity index (χ0n) is 5.90. The maximum Gasteiger partial charge on any atom is 0.315 e. The zero-order valence-corrected chi connectivity index (χ0v) is 6.65. The Morgan fingerprint density at radius 2 is 2.17 bits per heavy atom. The molecule has 0 unspecified atom stereocenters. The summed E-state index contributed by atoms with van der Waals surface area (Å²) >= 11 is 5.43. The van der Waals surface area contributed by atoms with Crippen LogP contribution in [0.25, 0.3) is 0 Å². The van der Waals surface area contributed by atoms with Gasteiger partial charge in [-0.25, -0.2) is 0 Å². The minimum Gasteiger partial charge on any atom is -0.724 e. The van der Waals surface area contributed by atoms with Crippen LogP contribution in [0.3, 0.4) is 0 Å². The Kier molecular flexibility index (Phi) is 1.64. The van der Waals surface area contributed by atoms with Crippen LogP contribution in [0.5, 0.6) is 0 Å². The average Bonchev–Trinajstić information content (AvgIpc) is 2.04. The van der Waals surface area contributed by atoms with Gasteiger partial charge in [0.1, 0.15) is 0 Å². The molecule has 62 valence electrons. The third kappa shape index (κ3) is 1.11. The molecule has 1 heterocycles. The Balaban J connectivity index is 2.55. The van der Waals surface area contributed by atoms with E-state index < -0.39 is 0 Å². The van der Waals surface area contributed by atoms with Crippen molar-refractivity contribution in [3.63, 3.8) is 0 Å². The van der Waals surface area contributed by atoms with Crippen LogP contribution >= 0.6 is 11.6 Å². The van der Waals surface area contributed by atoms with Crippen molar-refractivity contribution in [2.75, 3.05) is 5.23 Å². The van der Waals surface area contributed by atoms with E-state index in [1.54, 1.807) is 24.3 Å². The molecule has 0 aromatic heterocycles. The number of para-hydroxylation sites is 2. The molecule has 0 N–H and O–H groups in total. The molecule has 0 fully saturated rings. The van der Waals surface area contributed by atoms with E-state index in [2.05, 4.69) is 9.83 Å². The Morgan fingerprint density at radius 1 is 1.42 bits per heavy atom. The molecule has 0 spiro atoms. The van der Waals surface area contributed by atoms with Gasteiger partial charge in [-0.1, -0.05) is 12.1 Å². The number of hydrogen-bond acceptors (Lipinski definition) is 4. The van der Waals surface area contributed by atoms with Crippen molar-refractivity contribution in [1.82, 2.24) is 0 Å². The largest absolute Gasteiger partial charge is 0.724 e. The SMILES string of the molecule is [O-]N1OC(Cl)=Nc2ccccc21. The highest BCUT2D eigenvalue weighted by Gasteiger charge is 2.11. The summed E-state index contributed by atoms with van der Waals surface area (Å²) in [6.07, 6.45) is 0. The molecular weight excluding hydrogens is 180 g/mol. The molecule has 0 saturated carbocycles. The highest BCUT2D eigenvalue weighted by atomic mass is 35.5. The zero-order chi connectivity index (χ0) is 8.55. The lowest BCUT2D eigenvalue weighted by atomic mass is 10.3. The number of halogens is 1. The monoisotopic (exact) mass is 183 g/mol. The minimum absolute atomic E-state index is 0.163. The van der Waals surface area contributed by atoms with Gasteiger partial charge >= 0.3 is 5.36 Å². The van der Waals surface area contributed by atoms with E-state index in [4.69, 9.17) is 11.6 Å². The van der Waals surface area contributed by atoms with E-state index in [1.807, 2.05) is 0 Å². The van der Waals surface area contributed by atoms with Crippen LogP contribution in [-0.2, 0) is 4.84 Å². The Hall–Kier alpha value is -1.26. The fraction of sp³-hybridized carbons (Fsp3) is 0. The van der Waals surface area contributed by atoms with Gasteiger partial charge < -0.3 is 10.0 Å². The second-order valence-corrected chi connectivity index (χ2v) is 2.53. The number of fused-ring (bicyclic) bond motifs is 1. The first-order chi connectivity index (χ1) is 5.77. The number of nitrogens with zero attached hydrogens (tertiary/aromatic N) is 2. The first-order valence-corrected chi connectivity index (χ1v) is 3.63. The first kappa shape index (κ1) is 7.39. The molecule has 2 rings (SSSR count). The van der Waals surface area contributed by atoms with Gasteiger partial charge in [0.15, 0.2) is 0 Å². The van der Waals surface area contributed by atoms with Gasteiger partial charge in [-0.2, -0.15) is 4.99 Å². The molecule has 0 atom stereocenters. The van der Waals surface area contributed by atoms with Crippen LogP contribution in [0.15, 0.2) is 29.3 Å². The Morgan fingerprint density at radius 3 is 3.00 bits per heavy atom. The third-order valence-corrected chi connectivity index (χ3v) is 1.60. The van der Waals surface area contributed by atoms with Crippen LogP contribution in [-0.4, -0.2) is 5.36 Å². The van der Waals surface area contributed by atoms with Crippen molar-refractivity contribution < 1.29 is 4.84 Å². The molecule has 1 aromatic rings.